The quantitative estimate of drug-likeness (QED) is 0.461. The minimum atomic E-state index is -0.191. The molecule has 0 bridgehead atoms. The number of benzene rings is 1. The fraction of sp³-hybridized carbons (Fsp3) is 0.375. The van der Waals surface area contributed by atoms with Crippen molar-refractivity contribution in [2.75, 3.05) is 28.4 Å². The zero-order valence-corrected chi connectivity index (χ0v) is 15.8. The Hall–Kier alpha value is -1.64. The van der Waals surface area contributed by atoms with Crippen LogP contribution in [0.1, 0.15) is 18.4 Å². The highest BCUT2D eigenvalue weighted by Gasteiger charge is 2.22. The summed E-state index contributed by atoms with van der Waals surface area (Å²) in [6.45, 7) is 0.742. The van der Waals surface area contributed by atoms with Gasteiger partial charge in [0, 0.05) is 24.5 Å². The van der Waals surface area contributed by atoms with Gasteiger partial charge in [-0.3, -0.25) is 9.59 Å². The number of aryl methyl sites for hydroxylation is 1. The summed E-state index contributed by atoms with van der Waals surface area (Å²) in [5, 5.41) is 11.0. The Bertz CT molecular complexity index is 768. The summed E-state index contributed by atoms with van der Waals surface area (Å²) in [5.41, 5.74) is 2.22. The smallest absolute Gasteiger partial charge is 0.237 e. The van der Waals surface area contributed by atoms with Gasteiger partial charge in [0.1, 0.15) is 0 Å². The van der Waals surface area contributed by atoms with Crippen LogP contribution < -0.4 is 10.2 Å². The third kappa shape index (κ3) is 4.71. The molecule has 0 saturated heterocycles. The highest BCUT2D eigenvalue weighted by molar-refractivity contribution is 8.01. The number of fused-ring (bicyclic) bond motifs is 1. The highest BCUT2D eigenvalue weighted by atomic mass is 35.5. The number of aromatic nitrogens is 2. The number of rotatable bonds is 6. The molecule has 0 fully saturated rings. The van der Waals surface area contributed by atoms with E-state index in [2.05, 4.69) is 21.6 Å². The maximum atomic E-state index is 12.6. The molecule has 1 aliphatic rings. The molecule has 3 rings (SSSR count). The molecule has 1 aromatic heterocycles. The van der Waals surface area contributed by atoms with E-state index >= 15 is 0 Å². The second kappa shape index (κ2) is 8.64. The molecule has 9 heteroatoms. The average molecular weight is 397 g/mol. The van der Waals surface area contributed by atoms with Crippen molar-refractivity contribution in [3.05, 3.63) is 29.8 Å². The molecule has 0 radical (unpaired) electrons. The first kappa shape index (κ1) is 18.2. The van der Waals surface area contributed by atoms with E-state index in [-0.39, 0.29) is 24.1 Å². The van der Waals surface area contributed by atoms with Crippen LogP contribution in [0.15, 0.2) is 28.6 Å². The number of halogens is 1. The van der Waals surface area contributed by atoms with Crippen molar-refractivity contribution in [3.63, 3.8) is 0 Å². The topological polar surface area (TPSA) is 75.2 Å². The van der Waals surface area contributed by atoms with Gasteiger partial charge >= 0.3 is 0 Å². The summed E-state index contributed by atoms with van der Waals surface area (Å²) < 4.78 is 0.653. The second-order valence-electron chi connectivity index (χ2n) is 5.43. The molecular formula is C16H17ClN4O2S2. The minimum Gasteiger partial charge on any atom is -0.311 e. The number of thioether (sulfide) groups is 1. The molecule has 6 nitrogen and oxygen atoms in total. The number of nitrogens with one attached hydrogen (secondary N) is 1. The lowest BCUT2D eigenvalue weighted by Crippen LogP contribution is -2.36. The molecule has 0 aliphatic carbocycles. The minimum absolute atomic E-state index is 0.0556. The first-order chi connectivity index (χ1) is 12.2. The molecule has 25 heavy (non-hydrogen) atoms. The van der Waals surface area contributed by atoms with Gasteiger partial charge in [0.2, 0.25) is 16.9 Å². The molecule has 132 valence electrons. The van der Waals surface area contributed by atoms with Crippen LogP contribution in [0.25, 0.3) is 0 Å². The van der Waals surface area contributed by atoms with Crippen molar-refractivity contribution in [3.8, 4) is 0 Å². The molecule has 2 aromatic rings. The van der Waals surface area contributed by atoms with Crippen LogP contribution in [0.2, 0.25) is 0 Å². The summed E-state index contributed by atoms with van der Waals surface area (Å²) in [5.74, 6) is 0.417. The summed E-state index contributed by atoms with van der Waals surface area (Å²) in [6, 6.07) is 8.02. The van der Waals surface area contributed by atoms with E-state index in [4.69, 9.17) is 11.6 Å². The summed E-state index contributed by atoms with van der Waals surface area (Å²) in [7, 11) is 0. The molecule has 0 unspecified atom stereocenters. The van der Waals surface area contributed by atoms with Crippen LogP contribution in [-0.4, -0.2) is 40.2 Å². The Kier molecular flexibility index (Phi) is 6.28. The molecule has 1 N–H and O–H groups in total. The number of anilines is 2. The Morgan fingerprint density at radius 2 is 2.16 bits per heavy atom. The number of alkyl halides is 1. The first-order valence-corrected chi connectivity index (χ1v) is 10.2. The van der Waals surface area contributed by atoms with Gasteiger partial charge in [-0.2, -0.15) is 0 Å². The molecule has 0 saturated carbocycles. The molecule has 2 heterocycles. The monoisotopic (exact) mass is 396 g/mol. The zero-order chi connectivity index (χ0) is 17.6. The van der Waals surface area contributed by atoms with E-state index in [1.54, 1.807) is 0 Å². The molecule has 0 atom stereocenters. The third-order valence-corrected chi connectivity index (χ3v) is 5.85. The summed E-state index contributed by atoms with van der Waals surface area (Å²) >= 11 is 8.11. The fourth-order valence-corrected chi connectivity index (χ4v) is 4.40. The van der Waals surface area contributed by atoms with Gasteiger partial charge < -0.3 is 10.2 Å². The van der Waals surface area contributed by atoms with Gasteiger partial charge in [0.15, 0.2) is 4.34 Å². The number of amides is 2. The van der Waals surface area contributed by atoms with Gasteiger partial charge in [-0.25, -0.2) is 0 Å². The number of carbonyl (C=O) groups excluding carboxylic acids is 2. The largest absolute Gasteiger partial charge is 0.311 e. The highest BCUT2D eigenvalue weighted by Crippen LogP contribution is 2.29. The number of para-hydroxylation sites is 1. The van der Waals surface area contributed by atoms with Crippen molar-refractivity contribution in [1.29, 1.82) is 0 Å². The molecule has 2 amide bonds. The number of hydrogen-bond acceptors (Lipinski definition) is 6. The second-order valence-corrected chi connectivity index (χ2v) is 8.00. The van der Waals surface area contributed by atoms with Gasteiger partial charge in [-0.15, -0.1) is 21.8 Å². The first-order valence-electron chi connectivity index (χ1n) is 7.88. The van der Waals surface area contributed by atoms with E-state index in [0.717, 1.165) is 25.1 Å². The van der Waals surface area contributed by atoms with Crippen LogP contribution >= 0.6 is 34.7 Å². The van der Waals surface area contributed by atoms with E-state index in [9.17, 15) is 9.59 Å². The predicted octanol–water partition coefficient (Wildman–Crippen LogP) is 3.18. The van der Waals surface area contributed by atoms with Gasteiger partial charge in [0.05, 0.1) is 5.75 Å². The Morgan fingerprint density at radius 1 is 1.32 bits per heavy atom. The van der Waals surface area contributed by atoms with E-state index < -0.39 is 0 Å². The number of nitrogens with zero attached hydrogens (tertiary/aromatic N) is 3. The Balaban J connectivity index is 1.57. The predicted molar refractivity (Wildman–Crippen MR) is 102 cm³/mol. The van der Waals surface area contributed by atoms with Crippen molar-refractivity contribution in [2.24, 2.45) is 0 Å². The number of hydrogen-bond donors (Lipinski definition) is 1. The molecule has 1 aromatic carbocycles. The SMILES string of the molecule is O=C(CCCl)Nc1nnc(SCC(=O)N2CCCc3ccccc32)s1. The van der Waals surface area contributed by atoms with Crippen molar-refractivity contribution in [2.45, 2.75) is 23.6 Å². The van der Waals surface area contributed by atoms with Crippen molar-refractivity contribution in [1.82, 2.24) is 10.2 Å². The Morgan fingerprint density at radius 3 is 3.00 bits per heavy atom. The molecule has 0 spiro atoms. The van der Waals surface area contributed by atoms with Crippen molar-refractivity contribution < 1.29 is 9.59 Å². The maximum Gasteiger partial charge on any atom is 0.237 e. The maximum absolute atomic E-state index is 12.6. The van der Waals surface area contributed by atoms with Crippen LogP contribution in [0.4, 0.5) is 10.8 Å². The normalized spacial score (nSPS) is 13.4. The summed E-state index contributed by atoms with van der Waals surface area (Å²) in [6.07, 6.45) is 2.22. The van der Waals surface area contributed by atoms with Gasteiger partial charge in [0.25, 0.3) is 0 Å². The Labute approximate surface area is 159 Å². The van der Waals surface area contributed by atoms with Gasteiger partial charge in [-0.05, 0) is 24.5 Å². The van der Waals surface area contributed by atoms with Crippen LogP contribution in [0, 0.1) is 0 Å². The van der Waals surface area contributed by atoms with Crippen molar-refractivity contribution >= 4 is 57.3 Å². The van der Waals surface area contributed by atoms with E-state index in [1.165, 1.54) is 28.7 Å². The lowest BCUT2D eigenvalue weighted by atomic mass is 10.0. The van der Waals surface area contributed by atoms with Gasteiger partial charge in [-0.1, -0.05) is 41.3 Å². The lowest BCUT2D eigenvalue weighted by molar-refractivity contribution is -0.116. The number of carbonyl (C=O) groups is 2. The van der Waals surface area contributed by atoms with Crippen LogP contribution in [0.3, 0.4) is 0 Å². The van der Waals surface area contributed by atoms with Crippen LogP contribution in [0.5, 0.6) is 0 Å². The van der Waals surface area contributed by atoms with E-state index in [1.807, 2.05) is 23.1 Å². The lowest BCUT2D eigenvalue weighted by Gasteiger charge is -2.29. The standard InChI is InChI=1S/C16H17ClN4O2S2/c17-8-7-13(22)18-15-19-20-16(25-15)24-10-14(23)21-9-3-5-11-4-1-2-6-12(11)21/h1-2,4,6H,3,5,7-10H2,(H,18,19,22). The average Bonchev–Trinajstić information content (AvgIpc) is 3.06. The zero-order valence-electron chi connectivity index (χ0n) is 13.4. The molecule has 1 aliphatic heterocycles. The van der Waals surface area contributed by atoms with Crippen LogP contribution in [-0.2, 0) is 16.0 Å². The fourth-order valence-electron chi connectivity index (χ4n) is 2.58. The third-order valence-electron chi connectivity index (χ3n) is 3.70. The van der Waals surface area contributed by atoms with E-state index in [0.29, 0.717) is 15.2 Å². The summed E-state index contributed by atoms with van der Waals surface area (Å²) in [4.78, 5) is 25.9. The molecular weight excluding hydrogens is 380 g/mol.